The number of allylic oxidation sites excluding steroid dienone is 4. The number of hydrogen-bond donors (Lipinski definition) is 3. The molecule has 1 amide bonds. The quantitative estimate of drug-likeness (QED) is 0.0322. The van der Waals surface area contributed by atoms with Gasteiger partial charge in [-0.15, -0.1) is 0 Å². The highest BCUT2D eigenvalue weighted by Gasteiger charge is 2.24. The van der Waals surface area contributed by atoms with Crippen LogP contribution in [-0.2, 0) is 14.3 Å². The van der Waals surface area contributed by atoms with E-state index in [0.717, 1.165) is 57.8 Å². The van der Waals surface area contributed by atoms with Gasteiger partial charge in [-0.25, -0.2) is 0 Å². The van der Waals surface area contributed by atoms with Gasteiger partial charge in [-0.3, -0.25) is 9.59 Å². The zero-order valence-corrected chi connectivity index (χ0v) is 41.1. The molecular formula is C55H105NO5. The molecule has 3 unspecified atom stereocenters. The van der Waals surface area contributed by atoms with Crippen molar-refractivity contribution in [3.8, 4) is 0 Å². The number of nitrogens with one attached hydrogen (secondary N) is 1. The molecule has 0 aliphatic carbocycles. The van der Waals surface area contributed by atoms with Crippen LogP contribution in [0.15, 0.2) is 24.3 Å². The van der Waals surface area contributed by atoms with E-state index in [1.54, 1.807) is 0 Å². The van der Waals surface area contributed by atoms with Gasteiger partial charge < -0.3 is 20.3 Å². The highest BCUT2D eigenvalue weighted by molar-refractivity contribution is 5.77. The first kappa shape index (κ1) is 59.3. The molecule has 0 heterocycles. The Morgan fingerprint density at radius 3 is 1.28 bits per heavy atom. The SMILES string of the molecule is CCCCC/C=C\C/C=C\CCCCCCCCCC(=O)OC(CCCCCCCCCCCCCCCC)CC(=O)NC(CO)C(O)CCCCCCCCCCCCC. The molecule has 3 atom stereocenters. The Kier molecular flexibility index (Phi) is 48.0. The Hall–Kier alpha value is -1.66. The third-order valence-electron chi connectivity index (χ3n) is 12.5. The van der Waals surface area contributed by atoms with Gasteiger partial charge in [-0.1, -0.05) is 244 Å². The molecule has 0 aromatic carbocycles. The third-order valence-corrected chi connectivity index (χ3v) is 12.5. The van der Waals surface area contributed by atoms with Crippen molar-refractivity contribution in [3.05, 3.63) is 24.3 Å². The summed E-state index contributed by atoms with van der Waals surface area (Å²) in [6, 6.07) is -0.697. The monoisotopic (exact) mass is 860 g/mol. The largest absolute Gasteiger partial charge is 0.462 e. The summed E-state index contributed by atoms with van der Waals surface area (Å²) in [5, 5.41) is 23.8. The first-order valence-electron chi connectivity index (χ1n) is 27.1. The smallest absolute Gasteiger partial charge is 0.306 e. The molecular weight excluding hydrogens is 755 g/mol. The predicted molar refractivity (Wildman–Crippen MR) is 264 cm³/mol. The highest BCUT2D eigenvalue weighted by Crippen LogP contribution is 2.18. The van der Waals surface area contributed by atoms with Crippen molar-refractivity contribution < 1.29 is 24.5 Å². The molecule has 0 aromatic heterocycles. The molecule has 6 heteroatoms. The number of aliphatic hydroxyl groups excluding tert-OH is 2. The van der Waals surface area contributed by atoms with E-state index >= 15 is 0 Å². The molecule has 0 rings (SSSR count). The maximum absolute atomic E-state index is 13.2. The van der Waals surface area contributed by atoms with Crippen LogP contribution in [0.5, 0.6) is 0 Å². The molecule has 0 aromatic rings. The highest BCUT2D eigenvalue weighted by atomic mass is 16.5. The minimum absolute atomic E-state index is 0.0801. The topological polar surface area (TPSA) is 95.9 Å². The number of carbonyl (C=O) groups is 2. The molecule has 0 bridgehead atoms. The van der Waals surface area contributed by atoms with Gasteiger partial charge >= 0.3 is 5.97 Å². The van der Waals surface area contributed by atoms with E-state index in [0.29, 0.717) is 19.3 Å². The van der Waals surface area contributed by atoms with Crippen LogP contribution < -0.4 is 5.32 Å². The van der Waals surface area contributed by atoms with E-state index in [2.05, 4.69) is 50.4 Å². The summed E-state index contributed by atoms with van der Waals surface area (Å²) in [5.41, 5.74) is 0. The average Bonchev–Trinajstić information content (AvgIpc) is 3.25. The van der Waals surface area contributed by atoms with Gasteiger partial charge in [-0.05, 0) is 57.8 Å². The average molecular weight is 860 g/mol. The maximum atomic E-state index is 13.2. The minimum Gasteiger partial charge on any atom is -0.462 e. The molecule has 0 aliphatic rings. The molecule has 0 spiro atoms. The summed E-state index contributed by atoms with van der Waals surface area (Å²) in [5.74, 6) is -0.466. The number of carbonyl (C=O) groups excluding carboxylic acids is 2. The van der Waals surface area contributed by atoms with Crippen molar-refractivity contribution in [2.24, 2.45) is 0 Å². The van der Waals surface area contributed by atoms with Crippen LogP contribution in [0.3, 0.4) is 0 Å². The number of esters is 1. The van der Waals surface area contributed by atoms with Gasteiger partial charge in [0.15, 0.2) is 0 Å². The van der Waals surface area contributed by atoms with E-state index < -0.39 is 18.2 Å². The van der Waals surface area contributed by atoms with Gasteiger partial charge in [0.2, 0.25) is 5.91 Å². The molecule has 0 saturated heterocycles. The standard InChI is InChI=1S/C55H105NO5/c1-4-7-10-13-16-19-22-24-26-27-28-30-33-36-39-42-45-48-55(60)61-51(46-43-40-37-34-32-29-25-23-20-17-14-11-8-5-2)49-54(59)56-52(50-57)53(58)47-44-41-38-35-31-21-18-15-12-9-6-3/h16,19,24,26,51-53,57-58H,4-15,17-18,20-23,25,27-50H2,1-3H3,(H,56,59)/b19-16-,26-24-. The number of hydrogen-bond acceptors (Lipinski definition) is 5. The van der Waals surface area contributed by atoms with E-state index in [-0.39, 0.29) is 24.9 Å². The number of aliphatic hydroxyl groups is 2. The van der Waals surface area contributed by atoms with Gasteiger partial charge in [0.05, 0.1) is 25.2 Å². The van der Waals surface area contributed by atoms with E-state index in [9.17, 15) is 19.8 Å². The van der Waals surface area contributed by atoms with Crippen LogP contribution >= 0.6 is 0 Å². The van der Waals surface area contributed by atoms with Crippen LogP contribution in [-0.4, -0.2) is 46.9 Å². The van der Waals surface area contributed by atoms with E-state index in [1.807, 2.05) is 0 Å². The van der Waals surface area contributed by atoms with Crippen LogP contribution in [0.4, 0.5) is 0 Å². The lowest BCUT2D eigenvalue weighted by Gasteiger charge is -2.24. The number of rotatable bonds is 49. The van der Waals surface area contributed by atoms with Crippen LogP contribution in [0.25, 0.3) is 0 Å². The fraction of sp³-hybridized carbons (Fsp3) is 0.891. The third kappa shape index (κ3) is 44.7. The van der Waals surface area contributed by atoms with Crippen molar-refractivity contribution in [3.63, 3.8) is 0 Å². The van der Waals surface area contributed by atoms with E-state index in [4.69, 9.17) is 4.74 Å². The zero-order chi connectivity index (χ0) is 44.5. The zero-order valence-electron chi connectivity index (χ0n) is 41.1. The first-order chi connectivity index (χ1) is 30.0. The van der Waals surface area contributed by atoms with Crippen LogP contribution in [0, 0.1) is 0 Å². The first-order valence-corrected chi connectivity index (χ1v) is 27.1. The summed E-state index contributed by atoms with van der Waals surface area (Å²) in [6.45, 7) is 6.48. The second kappa shape index (κ2) is 49.4. The molecule has 61 heavy (non-hydrogen) atoms. The minimum atomic E-state index is -0.784. The van der Waals surface area contributed by atoms with Crippen molar-refractivity contribution in [2.45, 2.75) is 309 Å². The van der Waals surface area contributed by atoms with Crippen LogP contribution in [0.1, 0.15) is 290 Å². The lowest BCUT2D eigenvalue weighted by atomic mass is 10.0. The summed E-state index contributed by atoms with van der Waals surface area (Å²) in [7, 11) is 0. The Morgan fingerprint density at radius 1 is 0.475 bits per heavy atom. The summed E-state index contributed by atoms with van der Waals surface area (Å²) >= 11 is 0. The number of amides is 1. The second-order valence-corrected chi connectivity index (χ2v) is 18.6. The molecule has 0 fully saturated rings. The van der Waals surface area contributed by atoms with Crippen molar-refractivity contribution in [2.75, 3.05) is 6.61 Å². The summed E-state index contributed by atoms with van der Waals surface area (Å²) < 4.78 is 5.95. The van der Waals surface area contributed by atoms with E-state index in [1.165, 1.54) is 186 Å². The number of ether oxygens (including phenoxy) is 1. The Balaban J connectivity index is 4.54. The van der Waals surface area contributed by atoms with Gasteiger partial charge in [0, 0.05) is 6.42 Å². The normalized spacial score (nSPS) is 13.3. The molecule has 0 radical (unpaired) electrons. The Labute approximate surface area is 380 Å². The van der Waals surface area contributed by atoms with Gasteiger partial charge in [0.25, 0.3) is 0 Å². The van der Waals surface area contributed by atoms with Gasteiger partial charge in [-0.2, -0.15) is 0 Å². The molecule has 360 valence electrons. The lowest BCUT2D eigenvalue weighted by Crippen LogP contribution is -2.46. The van der Waals surface area contributed by atoms with Crippen LogP contribution in [0.2, 0.25) is 0 Å². The second-order valence-electron chi connectivity index (χ2n) is 18.6. The maximum Gasteiger partial charge on any atom is 0.306 e. The molecule has 3 N–H and O–H groups in total. The summed E-state index contributed by atoms with van der Waals surface area (Å²) in [6.07, 6.45) is 56.6. The molecule has 0 saturated carbocycles. The molecule has 6 nitrogen and oxygen atoms in total. The summed E-state index contributed by atoms with van der Waals surface area (Å²) in [4.78, 5) is 26.2. The van der Waals surface area contributed by atoms with Crippen molar-refractivity contribution >= 4 is 11.9 Å². The fourth-order valence-corrected chi connectivity index (χ4v) is 8.40. The Morgan fingerprint density at radius 2 is 0.836 bits per heavy atom. The lowest BCUT2D eigenvalue weighted by molar-refractivity contribution is -0.151. The Bertz CT molecular complexity index is 966. The fourth-order valence-electron chi connectivity index (χ4n) is 8.40. The van der Waals surface area contributed by atoms with Crippen molar-refractivity contribution in [1.82, 2.24) is 5.32 Å². The number of unbranched alkanes of at least 4 members (excludes halogenated alkanes) is 33. The predicted octanol–water partition coefficient (Wildman–Crippen LogP) is 16.3. The van der Waals surface area contributed by atoms with Gasteiger partial charge in [0.1, 0.15) is 6.10 Å². The molecule has 0 aliphatic heterocycles. The van der Waals surface area contributed by atoms with Crippen molar-refractivity contribution in [1.29, 1.82) is 0 Å².